The van der Waals surface area contributed by atoms with E-state index >= 15 is 0 Å². The number of carbonyl (C=O) groups is 1. The fraction of sp³-hybridized carbons (Fsp3) is 0.368. The van der Waals surface area contributed by atoms with Crippen LogP contribution < -0.4 is 10.0 Å². The lowest BCUT2D eigenvalue weighted by atomic mass is 9.93. The second-order valence-corrected chi connectivity index (χ2v) is 9.63. The fourth-order valence-corrected chi connectivity index (χ4v) is 3.95. The Labute approximate surface area is 174 Å². The zero-order valence-corrected chi connectivity index (χ0v) is 18.4. The van der Waals surface area contributed by atoms with Gasteiger partial charge in [-0.15, -0.1) is 11.3 Å². The molecule has 0 saturated heterocycles. The van der Waals surface area contributed by atoms with E-state index in [4.69, 9.17) is 9.29 Å². The molecule has 1 atom stereocenters. The SMILES string of the molecule is C=C(C)OC(=O)N[C@@H](Cc1ccc(NS(=O)(=O)O)cc1)c1nc(C(C)(C)C)cs1. The summed E-state index contributed by atoms with van der Waals surface area (Å²) in [6.07, 6.45) is -0.214. The molecule has 29 heavy (non-hydrogen) atoms. The average molecular weight is 440 g/mol. The van der Waals surface area contributed by atoms with Gasteiger partial charge >= 0.3 is 16.4 Å². The van der Waals surface area contributed by atoms with E-state index in [1.54, 1.807) is 19.1 Å². The van der Waals surface area contributed by atoms with Gasteiger partial charge in [0.2, 0.25) is 0 Å². The Bertz CT molecular complexity index is 976. The number of thiazole rings is 1. The highest BCUT2D eigenvalue weighted by molar-refractivity contribution is 7.87. The van der Waals surface area contributed by atoms with E-state index in [2.05, 4.69) is 37.7 Å². The molecule has 2 rings (SSSR count). The van der Waals surface area contributed by atoms with Crippen molar-refractivity contribution in [3.8, 4) is 0 Å². The van der Waals surface area contributed by atoms with Crippen molar-refractivity contribution >= 4 is 33.4 Å². The molecule has 1 aromatic carbocycles. The Hall–Kier alpha value is -2.43. The number of amides is 1. The maximum absolute atomic E-state index is 12.1. The van der Waals surface area contributed by atoms with Gasteiger partial charge in [0, 0.05) is 10.8 Å². The first-order valence-electron chi connectivity index (χ1n) is 8.77. The minimum atomic E-state index is -4.33. The van der Waals surface area contributed by atoms with Crippen LogP contribution in [-0.2, 0) is 26.9 Å². The topological polar surface area (TPSA) is 118 Å². The Balaban J connectivity index is 2.24. The molecular weight excluding hydrogens is 414 g/mol. The van der Waals surface area contributed by atoms with Gasteiger partial charge < -0.3 is 10.1 Å². The fourth-order valence-electron chi connectivity index (χ4n) is 2.42. The average Bonchev–Trinajstić information content (AvgIpc) is 3.04. The van der Waals surface area contributed by atoms with Gasteiger partial charge in [-0.3, -0.25) is 9.27 Å². The Morgan fingerprint density at radius 3 is 2.41 bits per heavy atom. The summed E-state index contributed by atoms with van der Waals surface area (Å²) in [6.45, 7) is 11.3. The first-order valence-corrected chi connectivity index (χ1v) is 11.1. The summed E-state index contributed by atoms with van der Waals surface area (Å²) in [5, 5.41) is 5.50. The number of nitrogens with zero attached hydrogens (tertiary/aromatic N) is 1. The molecular formula is C19H25N3O5S2. The van der Waals surface area contributed by atoms with Crippen LogP contribution in [0.5, 0.6) is 0 Å². The third kappa shape index (κ3) is 7.48. The molecule has 1 aromatic heterocycles. The van der Waals surface area contributed by atoms with Crippen molar-refractivity contribution in [1.82, 2.24) is 10.3 Å². The largest absolute Gasteiger partial charge is 0.416 e. The molecule has 2 aromatic rings. The minimum Gasteiger partial charge on any atom is -0.416 e. The Morgan fingerprint density at radius 1 is 1.31 bits per heavy atom. The van der Waals surface area contributed by atoms with E-state index < -0.39 is 22.4 Å². The van der Waals surface area contributed by atoms with Crippen LogP contribution in [0.15, 0.2) is 42.0 Å². The molecule has 0 aliphatic carbocycles. The number of aromatic nitrogens is 1. The van der Waals surface area contributed by atoms with Crippen molar-refractivity contribution in [2.45, 2.75) is 45.6 Å². The van der Waals surface area contributed by atoms with E-state index in [1.807, 2.05) is 10.1 Å². The summed E-state index contributed by atoms with van der Waals surface area (Å²) in [5.74, 6) is 0.274. The second kappa shape index (κ2) is 8.93. The van der Waals surface area contributed by atoms with E-state index in [0.717, 1.165) is 16.3 Å². The van der Waals surface area contributed by atoms with Crippen LogP contribution in [0.3, 0.4) is 0 Å². The molecule has 1 amide bonds. The van der Waals surface area contributed by atoms with Gasteiger partial charge in [-0.1, -0.05) is 39.5 Å². The molecule has 0 aliphatic rings. The van der Waals surface area contributed by atoms with Gasteiger partial charge in [-0.05, 0) is 31.0 Å². The minimum absolute atomic E-state index is 0.124. The van der Waals surface area contributed by atoms with Gasteiger partial charge in [0.05, 0.1) is 23.2 Å². The van der Waals surface area contributed by atoms with Gasteiger partial charge in [0.15, 0.2) is 0 Å². The highest BCUT2D eigenvalue weighted by atomic mass is 32.2. The predicted molar refractivity (Wildman–Crippen MR) is 113 cm³/mol. The van der Waals surface area contributed by atoms with E-state index in [9.17, 15) is 13.2 Å². The van der Waals surface area contributed by atoms with E-state index in [-0.39, 0.29) is 16.9 Å². The number of nitrogens with one attached hydrogen (secondary N) is 2. The second-order valence-electron chi connectivity index (χ2n) is 7.59. The van der Waals surface area contributed by atoms with Crippen molar-refractivity contribution < 1.29 is 22.5 Å². The van der Waals surface area contributed by atoms with Crippen LogP contribution in [0, 0.1) is 0 Å². The standard InChI is InChI=1S/C19H25N3O5S2/c1-12(2)27-18(23)20-15(17-21-16(11-28-17)19(3,4)5)10-13-6-8-14(9-7-13)22-29(24,25)26/h6-9,11,15,22H,1,10H2,2-5H3,(H,20,23)(H,24,25,26)/t15-/m0/s1. The number of benzene rings is 1. The molecule has 8 nitrogen and oxygen atoms in total. The van der Waals surface area contributed by atoms with Crippen molar-refractivity contribution in [3.05, 3.63) is 58.2 Å². The number of allylic oxidation sites excluding steroid dienone is 1. The number of rotatable bonds is 7. The lowest BCUT2D eigenvalue weighted by molar-refractivity contribution is 0.172. The molecule has 0 bridgehead atoms. The third-order valence-corrected chi connectivity index (χ3v) is 5.24. The number of hydrogen-bond donors (Lipinski definition) is 3. The molecule has 158 valence electrons. The normalized spacial score (nSPS) is 12.9. The van der Waals surface area contributed by atoms with Crippen LogP contribution in [0.2, 0.25) is 0 Å². The Morgan fingerprint density at radius 2 is 1.93 bits per heavy atom. The third-order valence-electron chi connectivity index (χ3n) is 3.79. The van der Waals surface area contributed by atoms with Gasteiger partial charge in [-0.2, -0.15) is 8.42 Å². The number of hydrogen-bond acceptors (Lipinski definition) is 6. The van der Waals surface area contributed by atoms with E-state index in [1.165, 1.54) is 23.5 Å². The highest BCUT2D eigenvalue weighted by Gasteiger charge is 2.23. The molecule has 0 unspecified atom stereocenters. The smallest absolute Gasteiger partial charge is 0.412 e. The molecule has 1 heterocycles. The van der Waals surface area contributed by atoms with Crippen molar-refractivity contribution in [2.75, 3.05) is 4.72 Å². The summed E-state index contributed by atoms with van der Waals surface area (Å²) < 4.78 is 37.7. The van der Waals surface area contributed by atoms with Gasteiger partial charge in [0.1, 0.15) is 5.01 Å². The van der Waals surface area contributed by atoms with Crippen molar-refractivity contribution in [2.24, 2.45) is 0 Å². The summed E-state index contributed by atoms with van der Waals surface area (Å²) in [5.41, 5.74) is 1.86. The lowest BCUT2D eigenvalue weighted by Crippen LogP contribution is -2.30. The summed E-state index contributed by atoms with van der Waals surface area (Å²) in [6, 6.07) is 6.00. The number of alkyl carbamates (subject to hydrolysis) is 1. The van der Waals surface area contributed by atoms with Crippen LogP contribution in [0.1, 0.15) is 50.0 Å². The number of ether oxygens (including phenoxy) is 1. The summed E-state index contributed by atoms with van der Waals surface area (Å²) >= 11 is 1.45. The maximum atomic E-state index is 12.1. The van der Waals surface area contributed by atoms with Crippen LogP contribution in [0.4, 0.5) is 10.5 Å². The predicted octanol–water partition coefficient (Wildman–Crippen LogP) is 4.20. The molecule has 0 saturated carbocycles. The lowest BCUT2D eigenvalue weighted by Gasteiger charge is -2.18. The van der Waals surface area contributed by atoms with E-state index in [0.29, 0.717) is 6.42 Å². The van der Waals surface area contributed by atoms with Crippen LogP contribution >= 0.6 is 11.3 Å². The number of anilines is 1. The molecule has 0 fully saturated rings. The molecule has 0 aliphatic heterocycles. The highest BCUT2D eigenvalue weighted by Crippen LogP contribution is 2.29. The van der Waals surface area contributed by atoms with Crippen molar-refractivity contribution in [1.29, 1.82) is 0 Å². The van der Waals surface area contributed by atoms with Crippen LogP contribution in [0.25, 0.3) is 0 Å². The first kappa shape index (κ1) is 22.9. The molecule has 0 radical (unpaired) electrons. The molecule has 10 heteroatoms. The zero-order chi connectivity index (χ0) is 21.8. The van der Waals surface area contributed by atoms with Gasteiger partial charge in [0.25, 0.3) is 0 Å². The monoisotopic (exact) mass is 439 g/mol. The maximum Gasteiger partial charge on any atom is 0.412 e. The summed E-state index contributed by atoms with van der Waals surface area (Å²) in [7, 11) is -4.33. The Kier molecular flexibility index (Phi) is 7.04. The first-order chi connectivity index (χ1) is 13.3. The summed E-state index contributed by atoms with van der Waals surface area (Å²) in [4.78, 5) is 16.8. The van der Waals surface area contributed by atoms with Crippen LogP contribution in [-0.4, -0.2) is 24.0 Å². The van der Waals surface area contributed by atoms with Crippen molar-refractivity contribution in [3.63, 3.8) is 0 Å². The number of carbonyl (C=O) groups excluding carboxylic acids is 1. The molecule has 0 spiro atoms. The quantitative estimate of drug-likeness (QED) is 0.440. The van der Waals surface area contributed by atoms with Gasteiger partial charge in [-0.25, -0.2) is 9.78 Å². The molecule has 3 N–H and O–H groups in total. The zero-order valence-electron chi connectivity index (χ0n) is 16.7.